The van der Waals surface area contributed by atoms with E-state index in [1.54, 1.807) is 6.07 Å². The van der Waals surface area contributed by atoms with Crippen molar-refractivity contribution in [3.8, 4) is 11.8 Å². The fraction of sp³-hybridized carbons (Fsp3) is 0.167. The SMILES string of the molecule is N#Cc1ccc(C(=O)OC2CC(=O)NC2=O)c(O)c1. The number of carbonyl (C=O) groups is 3. The van der Waals surface area contributed by atoms with E-state index >= 15 is 0 Å². The van der Waals surface area contributed by atoms with Gasteiger partial charge in [-0.2, -0.15) is 5.26 Å². The van der Waals surface area contributed by atoms with E-state index in [4.69, 9.17) is 10.00 Å². The molecule has 0 radical (unpaired) electrons. The fourth-order valence-electron chi connectivity index (χ4n) is 1.59. The van der Waals surface area contributed by atoms with Crippen LogP contribution in [0, 0.1) is 11.3 Å². The summed E-state index contributed by atoms with van der Waals surface area (Å²) >= 11 is 0. The Labute approximate surface area is 107 Å². The Bertz CT molecular complexity index is 617. The van der Waals surface area contributed by atoms with Gasteiger partial charge in [0.2, 0.25) is 5.91 Å². The number of hydrogen-bond acceptors (Lipinski definition) is 6. The highest BCUT2D eigenvalue weighted by atomic mass is 16.5. The lowest BCUT2D eigenvalue weighted by Crippen LogP contribution is -2.28. The highest BCUT2D eigenvalue weighted by Gasteiger charge is 2.34. The molecule has 1 aromatic carbocycles. The first-order valence-corrected chi connectivity index (χ1v) is 5.29. The molecule has 0 bridgehead atoms. The molecule has 2 N–H and O–H groups in total. The molecule has 7 heteroatoms. The second kappa shape index (κ2) is 4.78. The third kappa shape index (κ3) is 2.52. The number of rotatable bonds is 2. The number of carbonyl (C=O) groups excluding carboxylic acids is 3. The standard InChI is InChI=1S/C12H8N2O5/c13-5-6-1-2-7(8(15)3-6)12(18)19-9-4-10(16)14-11(9)17/h1-3,9,15H,4H2,(H,14,16,17). The van der Waals surface area contributed by atoms with Crippen molar-refractivity contribution in [3.63, 3.8) is 0 Å². The molecule has 1 heterocycles. The Kier molecular flexibility index (Phi) is 3.16. The number of nitrogens with zero attached hydrogens (tertiary/aromatic N) is 1. The molecule has 96 valence electrons. The lowest BCUT2D eigenvalue weighted by Gasteiger charge is -2.09. The second-order valence-corrected chi connectivity index (χ2v) is 3.85. The van der Waals surface area contributed by atoms with Crippen LogP contribution in [-0.2, 0) is 14.3 Å². The van der Waals surface area contributed by atoms with Crippen molar-refractivity contribution in [2.75, 3.05) is 0 Å². The maximum absolute atomic E-state index is 11.7. The Morgan fingerprint density at radius 1 is 1.47 bits per heavy atom. The Balaban J connectivity index is 2.15. The first kappa shape index (κ1) is 12.6. The van der Waals surface area contributed by atoms with Crippen LogP contribution in [0.2, 0.25) is 0 Å². The highest BCUT2D eigenvalue weighted by molar-refractivity contribution is 6.06. The molecule has 0 aromatic heterocycles. The first-order chi connectivity index (χ1) is 9.01. The van der Waals surface area contributed by atoms with Gasteiger partial charge < -0.3 is 9.84 Å². The van der Waals surface area contributed by atoms with Crippen LogP contribution in [-0.4, -0.2) is 29.0 Å². The van der Waals surface area contributed by atoms with Crippen molar-refractivity contribution in [3.05, 3.63) is 29.3 Å². The number of esters is 1. The number of benzene rings is 1. The van der Waals surface area contributed by atoms with Gasteiger partial charge >= 0.3 is 5.97 Å². The van der Waals surface area contributed by atoms with E-state index in [1.807, 2.05) is 5.32 Å². The minimum Gasteiger partial charge on any atom is -0.507 e. The zero-order valence-electron chi connectivity index (χ0n) is 9.54. The van der Waals surface area contributed by atoms with Gasteiger partial charge in [-0.15, -0.1) is 0 Å². The lowest BCUT2D eigenvalue weighted by atomic mass is 10.1. The monoisotopic (exact) mass is 260 g/mol. The van der Waals surface area contributed by atoms with Gasteiger partial charge in [0.25, 0.3) is 5.91 Å². The number of phenolic OH excluding ortho intramolecular Hbond substituents is 1. The number of nitriles is 1. The van der Waals surface area contributed by atoms with Crippen LogP contribution in [0.5, 0.6) is 5.75 Å². The molecule has 1 atom stereocenters. The van der Waals surface area contributed by atoms with Gasteiger partial charge in [0.1, 0.15) is 11.3 Å². The van der Waals surface area contributed by atoms with E-state index < -0.39 is 29.6 Å². The van der Waals surface area contributed by atoms with Crippen molar-refractivity contribution >= 4 is 17.8 Å². The predicted octanol–water partition coefficient (Wildman–Crippen LogP) is -0.164. The van der Waals surface area contributed by atoms with E-state index in [0.29, 0.717) is 0 Å². The van der Waals surface area contributed by atoms with Crippen LogP contribution in [0.25, 0.3) is 0 Å². The number of phenols is 1. The van der Waals surface area contributed by atoms with Crippen molar-refractivity contribution in [1.82, 2.24) is 5.32 Å². The summed E-state index contributed by atoms with van der Waals surface area (Å²) in [6, 6.07) is 5.45. The fourth-order valence-corrected chi connectivity index (χ4v) is 1.59. The lowest BCUT2D eigenvalue weighted by molar-refractivity contribution is -0.128. The van der Waals surface area contributed by atoms with E-state index in [2.05, 4.69) is 0 Å². The van der Waals surface area contributed by atoms with Crippen LogP contribution in [0.15, 0.2) is 18.2 Å². The number of ether oxygens (including phenoxy) is 1. The molecule has 1 fully saturated rings. The smallest absolute Gasteiger partial charge is 0.342 e. The maximum atomic E-state index is 11.7. The molecule has 0 saturated carbocycles. The first-order valence-electron chi connectivity index (χ1n) is 5.29. The number of amides is 2. The highest BCUT2D eigenvalue weighted by Crippen LogP contribution is 2.21. The van der Waals surface area contributed by atoms with Gasteiger partial charge in [0.05, 0.1) is 18.1 Å². The summed E-state index contributed by atoms with van der Waals surface area (Å²) in [7, 11) is 0. The van der Waals surface area contributed by atoms with E-state index in [-0.39, 0.29) is 17.5 Å². The summed E-state index contributed by atoms with van der Waals surface area (Å²) in [6.07, 6.45) is -1.42. The molecule has 1 aromatic rings. The van der Waals surface area contributed by atoms with Crippen molar-refractivity contribution in [1.29, 1.82) is 5.26 Å². The summed E-state index contributed by atoms with van der Waals surface area (Å²) in [5, 5.41) is 20.2. The number of nitrogens with one attached hydrogen (secondary N) is 1. The molecule has 19 heavy (non-hydrogen) atoms. The molecular weight excluding hydrogens is 252 g/mol. The second-order valence-electron chi connectivity index (χ2n) is 3.85. The van der Waals surface area contributed by atoms with Gasteiger partial charge in [0.15, 0.2) is 6.10 Å². The summed E-state index contributed by atoms with van der Waals surface area (Å²) in [5.74, 6) is -2.57. The Morgan fingerprint density at radius 2 is 2.21 bits per heavy atom. The van der Waals surface area contributed by atoms with Gasteiger partial charge in [-0.25, -0.2) is 4.79 Å². The summed E-state index contributed by atoms with van der Waals surface area (Å²) in [4.78, 5) is 33.9. The molecule has 0 aliphatic carbocycles. The molecule has 1 aliphatic heterocycles. The third-order valence-corrected chi connectivity index (χ3v) is 2.52. The topological polar surface area (TPSA) is 116 Å². The molecule has 0 spiro atoms. The number of aromatic hydroxyl groups is 1. The zero-order chi connectivity index (χ0) is 14.0. The summed E-state index contributed by atoms with van der Waals surface area (Å²) in [5.41, 5.74) is 0.00832. The van der Waals surface area contributed by atoms with E-state index in [0.717, 1.165) is 6.07 Å². The molecular formula is C12H8N2O5. The molecule has 1 unspecified atom stereocenters. The third-order valence-electron chi connectivity index (χ3n) is 2.52. The van der Waals surface area contributed by atoms with Crippen molar-refractivity contribution < 1.29 is 24.2 Å². The predicted molar refractivity (Wildman–Crippen MR) is 59.8 cm³/mol. The zero-order valence-corrected chi connectivity index (χ0v) is 9.54. The minimum atomic E-state index is -1.19. The Morgan fingerprint density at radius 3 is 2.74 bits per heavy atom. The normalized spacial score (nSPS) is 17.7. The number of hydrogen-bond donors (Lipinski definition) is 2. The maximum Gasteiger partial charge on any atom is 0.342 e. The summed E-state index contributed by atoms with van der Waals surface area (Å²) in [6.45, 7) is 0. The van der Waals surface area contributed by atoms with E-state index in [1.165, 1.54) is 12.1 Å². The molecule has 2 amide bonds. The number of imide groups is 1. The van der Waals surface area contributed by atoms with Crippen LogP contribution >= 0.6 is 0 Å². The Hall–Kier alpha value is -2.88. The summed E-state index contributed by atoms with van der Waals surface area (Å²) < 4.78 is 4.82. The van der Waals surface area contributed by atoms with Crippen molar-refractivity contribution in [2.45, 2.75) is 12.5 Å². The van der Waals surface area contributed by atoms with Gasteiger partial charge in [-0.3, -0.25) is 14.9 Å². The molecule has 2 rings (SSSR count). The van der Waals surface area contributed by atoms with Gasteiger partial charge in [0, 0.05) is 0 Å². The van der Waals surface area contributed by atoms with Gasteiger partial charge in [-0.05, 0) is 18.2 Å². The van der Waals surface area contributed by atoms with Gasteiger partial charge in [-0.1, -0.05) is 0 Å². The van der Waals surface area contributed by atoms with Crippen molar-refractivity contribution in [2.24, 2.45) is 0 Å². The van der Waals surface area contributed by atoms with Crippen LogP contribution in [0.4, 0.5) is 0 Å². The minimum absolute atomic E-state index is 0.175. The average molecular weight is 260 g/mol. The van der Waals surface area contributed by atoms with Crippen LogP contribution < -0.4 is 5.32 Å². The van der Waals surface area contributed by atoms with Crippen LogP contribution in [0.3, 0.4) is 0 Å². The average Bonchev–Trinajstić information content (AvgIpc) is 2.67. The molecule has 1 aliphatic rings. The molecule has 7 nitrogen and oxygen atoms in total. The quantitative estimate of drug-likeness (QED) is 0.563. The van der Waals surface area contributed by atoms with Crippen LogP contribution in [0.1, 0.15) is 22.3 Å². The molecule has 1 saturated heterocycles. The largest absolute Gasteiger partial charge is 0.507 e. The van der Waals surface area contributed by atoms with E-state index in [9.17, 15) is 19.5 Å².